The van der Waals surface area contributed by atoms with Crippen molar-refractivity contribution in [3.8, 4) is 0 Å². The van der Waals surface area contributed by atoms with Gasteiger partial charge in [-0.1, -0.05) is 19.1 Å². The predicted molar refractivity (Wildman–Crippen MR) is 85.8 cm³/mol. The van der Waals surface area contributed by atoms with Gasteiger partial charge in [0.25, 0.3) is 11.8 Å². The molecule has 23 heavy (non-hydrogen) atoms. The van der Waals surface area contributed by atoms with Crippen molar-refractivity contribution >= 4 is 17.5 Å². The van der Waals surface area contributed by atoms with Gasteiger partial charge in [0.15, 0.2) is 0 Å². The molecule has 0 aliphatic carbocycles. The molecule has 1 aromatic carbocycles. The Morgan fingerprint density at radius 2 is 1.96 bits per heavy atom. The summed E-state index contributed by atoms with van der Waals surface area (Å²) in [5, 5.41) is 5.25. The number of nitrogens with one attached hydrogen (secondary N) is 2. The third-order valence-electron chi connectivity index (χ3n) is 3.37. The topological polar surface area (TPSA) is 71.1 Å². The van der Waals surface area contributed by atoms with Crippen molar-refractivity contribution in [2.24, 2.45) is 0 Å². The number of aromatic nitrogens is 1. The summed E-state index contributed by atoms with van der Waals surface area (Å²) in [4.78, 5) is 28.2. The van der Waals surface area contributed by atoms with Gasteiger partial charge >= 0.3 is 0 Å². The normalized spacial score (nSPS) is 11.6. The van der Waals surface area contributed by atoms with Crippen LogP contribution in [0.1, 0.15) is 41.1 Å². The van der Waals surface area contributed by atoms with Gasteiger partial charge in [0.05, 0.1) is 5.69 Å². The largest absolute Gasteiger partial charge is 0.350 e. The number of anilines is 1. The molecule has 5 nitrogen and oxygen atoms in total. The molecule has 1 aromatic heterocycles. The van der Waals surface area contributed by atoms with Crippen LogP contribution in [0.25, 0.3) is 0 Å². The molecule has 2 aromatic rings. The van der Waals surface area contributed by atoms with E-state index >= 15 is 0 Å². The van der Waals surface area contributed by atoms with Crippen molar-refractivity contribution in [1.29, 1.82) is 0 Å². The zero-order chi connectivity index (χ0) is 16.8. The van der Waals surface area contributed by atoms with Crippen molar-refractivity contribution in [3.63, 3.8) is 0 Å². The van der Waals surface area contributed by atoms with Crippen molar-refractivity contribution in [1.82, 2.24) is 10.3 Å². The summed E-state index contributed by atoms with van der Waals surface area (Å²) in [6.07, 6.45) is 2.18. The smallest absolute Gasteiger partial charge is 0.274 e. The van der Waals surface area contributed by atoms with Crippen molar-refractivity contribution in [2.75, 3.05) is 5.32 Å². The Morgan fingerprint density at radius 3 is 2.65 bits per heavy atom. The maximum atomic E-state index is 13.6. The number of benzene rings is 1. The van der Waals surface area contributed by atoms with Crippen LogP contribution in [-0.4, -0.2) is 22.8 Å². The highest BCUT2D eigenvalue weighted by Crippen LogP contribution is 2.14. The highest BCUT2D eigenvalue weighted by atomic mass is 19.1. The first-order valence-corrected chi connectivity index (χ1v) is 7.34. The molecular weight excluding hydrogens is 297 g/mol. The average molecular weight is 315 g/mol. The Labute approximate surface area is 133 Å². The molecule has 1 heterocycles. The van der Waals surface area contributed by atoms with Crippen LogP contribution in [0, 0.1) is 5.82 Å². The summed E-state index contributed by atoms with van der Waals surface area (Å²) in [5.74, 6) is -1.39. The number of carbonyl (C=O) groups excluding carboxylic acids is 2. The van der Waals surface area contributed by atoms with Gasteiger partial charge in [-0.25, -0.2) is 4.39 Å². The van der Waals surface area contributed by atoms with Gasteiger partial charge in [-0.3, -0.25) is 14.6 Å². The van der Waals surface area contributed by atoms with Gasteiger partial charge in [-0.05, 0) is 37.6 Å². The fourth-order valence-corrected chi connectivity index (χ4v) is 1.85. The number of amides is 2. The summed E-state index contributed by atoms with van der Waals surface area (Å²) in [6, 6.07) is 8.79. The molecule has 0 spiro atoms. The molecule has 0 bridgehead atoms. The Balaban J connectivity index is 2.14. The van der Waals surface area contributed by atoms with E-state index in [2.05, 4.69) is 15.6 Å². The fourth-order valence-electron chi connectivity index (χ4n) is 1.85. The first-order chi connectivity index (χ1) is 11.0. The van der Waals surface area contributed by atoms with E-state index in [1.165, 1.54) is 36.5 Å². The van der Waals surface area contributed by atoms with E-state index in [9.17, 15) is 14.0 Å². The van der Waals surface area contributed by atoms with Gasteiger partial charge in [0.2, 0.25) is 0 Å². The van der Waals surface area contributed by atoms with Crippen LogP contribution in [0.15, 0.2) is 42.6 Å². The van der Waals surface area contributed by atoms with E-state index in [0.717, 1.165) is 6.42 Å². The number of para-hydroxylation sites is 1. The standard InChI is InChI=1S/C17H18FN3O2/c1-3-11(2)20-16(22)12-8-9-19-15(10-12)17(23)21-14-7-5-4-6-13(14)18/h4-11H,3H2,1-2H3,(H,20,22)(H,21,23). The SMILES string of the molecule is CCC(C)NC(=O)c1ccnc(C(=O)Nc2ccccc2F)c1. The number of nitrogens with zero attached hydrogens (tertiary/aromatic N) is 1. The van der Waals surface area contributed by atoms with Crippen LogP contribution < -0.4 is 10.6 Å². The van der Waals surface area contributed by atoms with Crippen molar-refractivity contribution < 1.29 is 14.0 Å². The predicted octanol–water partition coefficient (Wildman–Crippen LogP) is 3.00. The first kappa shape index (κ1) is 16.6. The molecule has 6 heteroatoms. The maximum Gasteiger partial charge on any atom is 0.274 e. The summed E-state index contributed by atoms with van der Waals surface area (Å²) >= 11 is 0. The van der Waals surface area contributed by atoms with Gasteiger partial charge in [-0.15, -0.1) is 0 Å². The van der Waals surface area contributed by atoms with E-state index in [-0.39, 0.29) is 23.3 Å². The first-order valence-electron chi connectivity index (χ1n) is 7.34. The molecule has 0 saturated carbocycles. The minimum Gasteiger partial charge on any atom is -0.350 e. The number of rotatable bonds is 5. The van der Waals surface area contributed by atoms with E-state index in [0.29, 0.717) is 5.56 Å². The third kappa shape index (κ3) is 4.35. The lowest BCUT2D eigenvalue weighted by atomic mass is 10.2. The molecule has 120 valence electrons. The minimum absolute atomic E-state index is 0.0337. The lowest BCUT2D eigenvalue weighted by Gasteiger charge is -2.11. The second-order valence-corrected chi connectivity index (χ2v) is 5.15. The van der Waals surface area contributed by atoms with E-state index in [1.807, 2.05) is 13.8 Å². The van der Waals surface area contributed by atoms with E-state index < -0.39 is 11.7 Å². The second kappa shape index (κ2) is 7.49. The molecule has 2 N–H and O–H groups in total. The zero-order valence-corrected chi connectivity index (χ0v) is 13.0. The van der Waals surface area contributed by atoms with Crippen LogP contribution in [-0.2, 0) is 0 Å². The second-order valence-electron chi connectivity index (χ2n) is 5.15. The maximum absolute atomic E-state index is 13.6. The van der Waals surface area contributed by atoms with Crippen molar-refractivity contribution in [2.45, 2.75) is 26.3 Å². The van der Waals surface area contributed by atoms with Crippen LogP contribution in [0.4, 0.5) is 10.1 Å². The quantitative estimate of drug-likeness (QED) is 0.891. The van der Waals surface area contributed by atoms with Gasteiger partial charge in [0, 0.05) is 17.8 Å². The molecule has 2 rings (SSSR count). The van der Waals surface area contributed by atoms with Crippen molar-refractivity contribution in [3.05, 3.63) is 59.7 Å². The number of hydrogen-bond acceptors (Lipinski definition) is 3. The lowest BCUT2D eigenvalue weighted by Crippen LogP contribution is -2.32. The number of carbonyl (C=O) groups is 2. The molecule has 0 aliphatic heterocycles. The Kier molecular flexibility index (Phi) is 5.41. The molecule has 0 fully saturated rings. The Bertz CT molecular complexity index is 718. The highest BCUT2D eigenvalue weighted by molar-refractivity contribution is 6.04. The van der Waals surface area contributed by atoms with Gasteiger partial charge in [-0.2, -0.15) is 0 Å². The third-order valence-corrected chi connectivity index (χ3v) is 3.37. The number of halogens is 1. The number of pyridine rings is 1. The van der Waals surface area contributed by atoms with E-state index in [4.69, 9.17) is 0 Å². The zero-order valence-electron chi connectivity index (χ0n) is 13.0. The summed E-state index contributed by atoms with van der Waals surface area (Å²) in [7, 11) is 0. The summed E-state index contributed by atoms with van der Waals surface area (Å²) in [5.41, 5.74) is 0.442. The monoisotopic (exact) mass is 315 g/mol. The highest BCUT2D eigenvalue weighted by Gasteiger charge is 2.14. The molecule has 1 unspecified atom stereocenters. The molecule has 0 aliphatic rings. The fraction of sp³-hybridized carbons (Fsp3) is 0.235. The Morgan fingerprint density at radius 1 is 1.22 bits per heavy atom. The molecular formula is C17H18FN3O2. The van der Waals surface area contributed by atoms with Crippen LogP contribution in [0.3, 0.4) is 0 Å². The lowest BCUT2D eigenvalue weighted by molar-refractivity contribution is 0.0939. The minimum atomic E-state index is -0.576. The van der Waals surface area contributed by atoms with Gasteiger partial charge < -0.3 is 10.6 Å². The summed E-state index contributed by atoms with van der Waals surface area (Å²) < 4.78 is 13.6. The van der Waals surface area contributed by atoms with Crippen LogP contribution in [0.2, 0.25) is 0 Å². The average Bonchev–Trinajstić information content (AvgIpc) is 2.56. The molecule has 2 amide bonds. The Hall–Kier alpha value is -2.76. The van der Waals surface area contributed by atoms with Crippen LogP contribution in [0.5, 0.6) is 0 Å². The summed E-state index contributed by atoms with van der Waals surface area (Å²) in [6.45, 7) is 3.86. The molecule has 1 atom stereocenters. The molecule has 0 radical (unpaired) electrons. The molecule has 0 saturated heterocycles. The van der Waals surface area contributed by atoms with E-state index in [1.54, 1.807) is 6.07 Å². The van der Waals surface area contributed by atoms with Crippen LogP contribution >= 0.6 is 0 Å². The number of hydrogen-bond donors (Lipinski definition) is 2. The van der Waals surface area contributed by atoms with Gasteiger partial charge in [0.1, 0.15) is 11.5 Å².